The lowest BCUT2D eigenvalue weighted by atomic mass is 10.1. The molecule has 1 atom stereocenters. The van der Waals surface area contributed by atoms with Crippen LogP contribution in [0.25, 0.3) is 0 Å². The van der Waals surface area contributed by atoms with Crippen LogP contribution in [0.1, 0.15) is 24.1 Å². The Morgan fingerprint density at radius 1 is 1.19 bits per heavy atom. The molecule has 2 aromatic rings. The summed E-state index contributed by atoms with van der Waals surface area (Å²) in [6.07, 6.45) is 0. The van der Waals surface area contributed by atoms with Gasteiger partial charge in [-0.15, -0.1) is 24.0 Å². The molecule has 0 heterocycles. The quantitative estimate of drug-likeness (QED) is 0.313. The van der Waals surface area contributed by atoms with Crippen molar-refractivity contribution in [2.24, 2.45) is 4.99 Å². The number of guanidine groups is 1. The molecule has 0 aliphatic carbocycles. The van der Waals surface area contributed by atoms with Gasteiger partial charge in [0.15, 0.2) is 17.5 Å². The van der Waals surface area contributed by atoms with Crippen LogP contribution in [0.3, 0.4) is 0 Å². The average Bonchev–Trinajstić information content (AvgIpc) is 2.65. The predicted molar refractivity (Wildman–Crippen MR) is 120 cm³/mol. The zero-order valence-corrected chi connectivity index (χ0v) is 18.8. The number of nitrogens with zero attached hydrogens (tertiary/aromatic N) is 1. The minimum atomic E-state index is -0.0198. The molecule has 0 saturated heterocycles. The number of phenolic OH excluding ortho intramolecular Hbond substituents is 1. The lowest BCUT2D eigenvalue weighted by Gasteiger charge is -2.19. The molecule has 27 heavy (non-hydrogen) atoms. The van der Waals surface area contributed by atoms with Gasteiger partial charge in [0.05, 0.1) is 20.3 Å². The van der Waals surface area contributed by atoms with Gasteiger partial charge in [-0.05, 0) is 36.2 Å². The van der Waals surface area contributed by atoms with E-state index in [1.54, 1.807) is 19.2 Å². The zero-order valence-electron chi connectivity index (χ0n) is 15.7. The molecule has 0 aliphatic rings. The molecule has 6 nitrogen and oxygen atoms in total. The summed E-state index contributed by atoms with van der Waals surface area (Å²) in [7, 11) is 4.70. The number of benzene rings is 2. The molecular formula is C19H25ClIN3O3. The SMILES string of the molecule is CN=C(NCc1cc(OC)c(O)c(OC)c1)NC(C)c1ccccc1Cl.I. The maximum absolute atomic E-state index is 9.99. The van der Waals surface area contributed by atoms with Gasteiger partial charge < -0.3 is 25.2 Å². The first kappa shape index (κ1) is 23.2. The van der Waals surface area contributed by atoms with Crippen LogP contribution in [0.5, 0.6) is 17.2 Å². The molecule has 1 unspecified atom stereocenters. The van der Waals surface area contributed by atoms with Crippen LogP contribution in [0, 0.1) is 0 Å². The summed E-state index contributed by atoms with van der Waals surface area (Å²) in [5.41, 5.74) is 1.87. The topological polar surface area (TPSA) is 75.1 Å². The zero-order chi connectivity index (χ0) is 19.1. The molecule has 2 rings (SSSR count). The van der Waals surface area contributed by atoms with Gasteiger partial charge in [-0.3, -0.25) is 4.99 Å². The minimum Gasteiger partial charge on any atom is -0.502 e. The monoisotopic (exact) mass is 505 g/mol. The summed E-state index contributed by atoms with van der Waals surface area (Å²) < 4.78 is 10.4. The summed E-state index contributed by atoms with van der Waals surface area (Å²) in [4.78, 5) is 4.24. The summed E-state index contributed by atoms with van der Waals surface area (Å²) in [5, 5.41) is 17.2. The molecule has 2 aromatic carbocycles. The molecule has 0 aliphatic heterocycles. The fourth-order valence-electron chi connectivity index (χ4n) is 2.54. The number of phenols is 1. The van der Waals surface area contributed by atoms with E-state index in [0.29, 0.717) is 29.0 Å². The van der Waals surface area contributed by atoms with Crippen LogP contribution in [0.15, 0.2) is 41.4 Å². The smallest absolute Gasteiger partial charge is 0.200 e. The van der Waals surface area contributed by atoms with Crippen LogP contribution in [-0.2, 0) is 6.54 Å². The van der Waals surface area contributed by atoms with Gasteiger partial charge in [0, 0.05) is 18.6 Å². The Kier molecular flexibility index (Phi) is 9.51. The fourth-order valence-corrected chi connectivity index (χ4v) is 2.84. The lowest BCUT2D eigenvalue weighted by molar-refractivity contribution is 0.339. The van der Waals surface area contributed by atoms with Crippen molar-refractivity contribution in [3.63, 3.8) is 0 Å². The first-order valence-electron chi connectivity index (χ1n) is 8.15. The van der Waals surface area contributed by atoms with Crippen molar-refractivity contribution >= 4 is 41.5 Å². The van der Waals surface area contributed by atoms with Crippen molar-refractivity contribution in [2.45, 2.75) is 19.5 Å². The second-order valence-electron chi connectivity index (χ2n) is 5.66. The van der Waals surface area contributed by atoms with Gasteiger partial charge in [0.1, 0.15) is 0 Å². The van der Waals surface area contributed by atoms with Crippen LogP contribution in [0.4, 0.5) is 0 Å². The van der Waals surface area contributed by atoms with Crippen LogP contribution < -0.4 is 20.1 Å². The van der Waals surface area contributed by atoms with Crippen LogP contribution in [0.2, 0.25) is 5.02 Å². The Morgan fingerprint density at radius 3 is 2.30 bits per heavy atom. The lowest BCUT2D eigenvalue weighted by Crippen LogP contribution is -2.38. The Morgan fingerprint density at radius 2 is 1.78 bits per heavy atom. The average molecular weight is 506 g/mol. The predicted octanol–water partition coefficient (Wildman–Crippen LogP) is 4.11. The minimum absolute atomic E-state index is 0. The molecule has 0 spiro atoms. The molecule has 148 valence electrons. The number of hydrogen-bond donors (Lipinski definition) is 3. The van der Waals surface area contributed by atoms with Gasteiger partial charge in [-0.2, -0.15) is 0 Å². The number of aromatic hydroxyl groups is 1. The summed E-state index contributed by atoms with van der Waals surface area (Å²) in [6, 6.07) is 11.2. The van der Waals surface area contributed by atoms with Gasteiger partial charge in [0.2, 0.25) is 5.75 Å². The Labute approximate surface area is 182 Å². The van der Waals surface area contributed by atoms with E-state index >= 15 is 0 Å². The highest BCUT2D eigenvalue weighted by molar-refractivity contribution is 14.0. The van der Waals surface area contributed by atoms with Gasteiger partial charge in [0.25, 0.3) is 0 Å². The number of halogens is 2. The summed E-state index contributed by atoms with van der Waals surface area (Å²) in [6.45, 7) is 2.49. The Bertz CT molecular complexity index is 762. The third-order valence-corrected chi connectivity index (χ3v) is 4.29. The van der Waals surface area contributed by atoms with Crippen molar-refractivity contribution in [3.8, 4) is 17.2 Å². The number of aliphatic imine (C=N–C) groups is 1. The van der Waals surface area contributed by atoms with Crippen molar-refractivity contribution in [2.75, 3.05) is 21.3 Å². The molecule has 0 aromatic heterocycles. The first-order valence-corrected chi connectivity index (χ1v) is 8.53. The number of rotatable bonds is 6. The fraction of sp³-hybridized carbons (Fsp3) is 0.316. The summed E-state index contributed by atoms with van der Waals surface area (Å²) >= 11 is 6.25. The van der Waals surface area contributed by atoms with E-state index < -0.39 is 0 Å². The van der Waals surface area contributed by atoms with Gasteiger partial charge in [-0.25, -0.2) is 0 Å². The van der Waals surface area contributed by atoms with Crippen molar-refractivity contribution in [1.82, 2.24) is 10.6 Å². The number of nitrogens with one attached hydrogen (secondary N) is 2. The van der Waals surface area contributed by atoms with Crippen LogP contribution >= 0.6 is 35.6 Å². The highest BCUT2D eigenvalue weighted by Crippen LogP contribution is 2.37. The molecule has 3 N–H and O–H groups in total. The van der Waals surface area contributed by atoms with Crippen molar-refractivity contribution < 1.29 is 14.6 Å². The van der Waals surface area contributed by atoms with Crippen LogP contribution in [-0.4, -0.2) is 32.3 Å². The normalized spacial score (nSPS) is 12.0. The van der Waals surface area contributed by atoms with Gasteiger partial charge >= 0.3 is 0 Å². The van der Waals surface area contributed by atoms with E-state index in [1.165, 1.54) is 14.2 Å². The highest BCUT2D eigenvalue weighted by atomic mass is 127. The number of hydrogen-bond acceptors (Lipinski definition) is 4. The Balaban J connectivity index is 0.00000364. The third-order valence-electron chi connectivity index (χ3n) is 3.95. The van der Waals surface area contributed by atoms with Gasteiger partial charge in [-0.1, -0.05) is 29.8 Å². The highest BCUT2D eigenvalue weighted by Gasteiger charge is 2.13. The van der Waals surface area contributed by atoms with Crippen molar-refractivity contribution in [1.29, 1.82) is 0 Å². The van der Waals surface area contributed by atoms with E-state index in [0.717, 1.165) is 11.1 Å². The standard InChI is InChI=1S/C19H24ClN3O3.HI/c1-12(14-7-5-6-8-15(14)20)23-19(21-2)22-11-13-9-16(25-3)18(24)17(10-13)26-4;/h5-10,12,24H,11H2,1-4H3,(H2,21,22,23);1H. The maximum Gasteiger partial charge on any atom is 0.200 e. The molecule has 0 fully saturated rings. The van der Waals surface area contributed by atoms with E-state index in [1.807, 2.05) is 31.2 Å². The second kappa shape index (κ2) is 11.1. The molecule has 0 saturated carbocycles. The molecular weight excluding hydrogens is 481 g/mol. The third kappa shape index (κ3) is 6.07. The van der Waals surface area contributed by atoms with E-state index in [9.17, 15) is 5.11 Å². The number of methoxy groups -OCH3 is 2. The largest absolute Gasteiger partial charge is 0.502 e. The Hall–Kier alpha value is -1.87. The van der Waals surface area contributed by atoms with E-state index in [-0.39, 0.29) is 35.8 Å². The van der Waals surface area contributed by atoms with E-state index in [4.69, 9.17) is 21.1 Å². The van der Waals surface area contributed by atoms with E-state index in [2.05, 4.69) is 15.6 Å². The van der Waals surface area contributed by atoms with Crippen molar-refractivity contribution in [3.05, 3.63) is 52.5 Å². The first-order chi connectivity index (χ1) is 12.5. The summed E-state index contributed by atoms with van der Waals surface area (Å²) in [5.74, 6) is 1.32. The molecule has 0 bridgehead atoms. The number of ether oxygens (including phenoxy) is 2. The molecule has 8 heteroatoms. The second-order valence-corrected chi connectivity index (χ2v) is 6.07. The molecule has 0 radical (unpaired) electrons. The maximum atomic E-state index is 9.99. The molecule has 0 amide bonds.